The monoisotopic (exact) mass is 312 g/mol. The maximum absolute atomic E-state index is 11.6. The van der Waals surface area contributed by atoms with Gasteiger partial charge in [0.2, 0.25) is 5.91 Å². The van der Waals surface area contributed by atoms with Gasteiger partial charge in [-0.05, 0) is 50.6 Å². The van der Waals surface area contributed by atoms with Crippen molar-refractivity contribution in [2.75, 3.05) is 20.1 Å². The van der Waals surface area contributed by atoms with Gasteiger partial charge in [-0.15, -0.1) is 0 Å². The molecule has 0 aliphatic carbocycles. The number of hydrogen-bond acceptors (Lipinski definition) is 2. The molecule has 0 aromatic heterocycles. The van der Waals surface area contributed by atoms with E-state index in [4.69, 9.17) is 0 Å². The molecule has 0 aliphatic heterocycles. The molecule has 4 heteroatoms. The summed E-state index contributed by atoms with van der Waals surface area (Å²) < 4.78 is 1.11. The highest BCUT2D eigenvalue weighted by molar-refractivity contribution is 9.10. The number of carbonyl (C=O) groups is 1. The van der Waals surface area contributed by atoms with Gasteiger partial charge in [-0.3, -0.25) is 4.79 Å². The number of hydrogen-bond donors (Lipinski definition) is 2. The Morgan fingerprint density at radius 1 is 1.33 bits per heavy atom. The van der Waals surface area contributed by atoms with E-state index in [1.165, 1.54) is 11.1 Å². The molecule has 0 unspecified atom stereocenters. The van der Waals surface area contributed by atoms with Crippen molar-refractivity contribution in [1.29, 1.82) is 0 Å². The van der Waals surface area contributed by atoms with Gasteiger partial charge in [-0.25, -0.2) is 0 Å². The van der Waals surface area contributed by atoms with Crippen LogP contribution in [-0.2, 0) is 11.2 Å². The van der Waals surface area contributed by atoms with Gasteiger partial charge in [-0.1, -0.05) is 28.1 Å². The van der Waals surface area contributed by atoms with Crippen LogP contribution in [0.3, 0.4) is 0 Å². The van der Waals surface area contributed by atoms with Crippen LogP contribution in [0.5, 0.6) is 0 Å². The van der Waals surface area contributed by atoms with Gasteiger partial charge in [-0.2, -0.15) is 0 Å². The molecular weight excluding hydrogens is 292 g/mol. The zero-order chi connectivity index (χ0) is 13.4. The molecule has 0 radical (unpaired) electrons. The molecule has 0 saturated heterocycles. The highest BCUT2D eigenvalue weighted by Gasteiger charge is 2.03. The summed E-state index contributed by atoms with van der Waals surface area (Å²) in [5.74, 6) is 0.131. The molecule has 100 valence electrons. The molecule has 1 aromatic carbocycles. The second-order valence-electron chi connectivity index (χ2n) is 4.39. The Labute approximate surface area is 117 Å². The molecule has 0 saturated carbocycles. The van der Waals surface area contributed by atoms with Crippen LogP contribution < -0.4 is 10.6 Å². The first-order valence-corrected chi connectivity index (χ1v) is 7.09. The lowest BCUT2D eigenvalue weighted by Gasteiger charge is -2.06. The Kier molecular flexibility index (Phi) is 6.98. The lowest BCUT2D eigenvalue weighted by molar-refractivity contribution is -0.121. The molecular formula is C14H21BrN2O. The van der Waals surface area contributed by atoms with Crippen molar-refractivity contribution >= 4 is 21.8 Å². The zero-order valence-electron chi connectivity index (χ0n) is 11.1. The SMILES string of the molecule is CNCCCNC(=O)CCc1ccc(Br)c(C)c1. The topological polar surface area (TPSA) is 41.1 Å². The van der Waals surface area contributed by atoms with Crippen LogP contribution in [0.25, 0.3) is 0 Å². The minimum absolute atomic E-state index is 0.131. The number of nitrogens with one attached hydrogen (secondary N) is 2. The Bertz CT molecular complexity index is 393. The fourth-order valence-electron chi connectivity index (χ4n) is 1.70. The Morgan fingerprint density at radius 2 is 2.11 bits per heavy atom. The molecule has 0 bridgehead atoms. The molecule has 0 aliphatic rings. The van der Waals surface area contributed by atoms with E-state index in [1.807, 2.05) is 13.1 Å². The first kappa shape index (κ1) is 15.2. The summed E-state index contributed by atoms with van der Waals surface area (Å²) in [5, 5.41) is 5.98. The summed E-state index contributed by atoms with van der Waals surface area (Å²) in [6, 6.07) is 6.22. The van der Waals surface area contributed by atoms with Crippen LogP contribution in [-0.4, -0.2) is 26.0 Å². The summed E-state index contributed by atoms with van der Waals surface area (Å²) in [5.41, 5.74) is 2.42. The molecule has 1 rings (SSSR count). The van der Waals surface area contributed by atoms with Crippen molar-refractivity contribution < 1.29 is 4.79 Å². The summed E-state index contributed by atoms with van der Waals surface area (Å²) in [7, 11) is 1.91. The summed E-state index contributed by atoms with van der Waals surface area (Å²) >= 11 is 3.47. The Hall–Kier alpha value is -0.870. The first-order valence-electron chi connectivity index (χ1n) is 6.30. The second kappa shape index (κ2) is 8.27. The standard InChI is InChI=1S/C14H21BrN2O/c1-11-10-12(4-6-13(11)15)5-7-14(18)17-9-3-8-16-2/h4,6,10,16H,3,5,7-9H2,1-2H3,(H,17,18). The minimum Gasteiger partial charge on any atom is -0.356 e. The van der Waals surface area contributed by atoms with Gasteiger partial charge in [0, 0.05) is 17.4 Å². The van der Waals surface area contributed by atoms with Gasteiger partial charge >= 0.3 is 0 Å². The number of benzene rings is 1. The third-order valence-corrected chi connectivity index (χ3v) is 3.68. The van der Waals surface area contributed by atoms with E-state index in [0.717, 1.165) is 30.4 Å². The van der Waals surface area contributed by atoms with Crippen molar-refractivity contribution in [3.05, 3.63) is 33.8 Å². The molecule has 1 aromatic rings. The lowest BCUT2D eigenvalue weighted by Crippen LogP contribution is -2.26. The highest BCUT2D eigenvalue weighted by Crippen LogP contribution is 2.17. The number of carbonyl (C=O) groups excluding carboxylic acids is 1. The predicted octanol–water partition coefficient (Wildman–Crippen LogP) is 2.42. The highest BCUT2D eigenvalue weighted by atomic mass is 79.9. The average Bonchev–Trinajstić information content (AvgIpc) is 2.36. The van der Waals surface area contributed by atoms with Gasteiger partial charge < -0.3 is 10.6 Å². The number of amides is 1. The predicted molar refractivity (Wildman–Crippen MR) is 78.8 cm³/mol. The maximum atomic E-state index is 11.6. The van der Waals surface area contributed by atoms with Crippen LogP contribution in [0.4, 0.5) is 0 Å². The van der Waals surface area contributed by atoms with Crippen LogP contribution in [0.2, 0.25) is 0 Å². The fourth-order valence-corrected chi connectivity index (χ4v) is 1.95. The van der Waals surface area contributed by atoms with Crippen LogP contribution >= 0.6 is 15.9 Å². The van der Waals surface area contributed by atoms with Crippen molar-refractivity contribution in [3.8, 4) is 0 Å². The van der Waals surface area contributed by atoms with E-state index in [9.17, 15) is 4.79 Å². The van der Waals surface area contributed by atoms with Gasteiger partial charge in [0.05, 0.1) is 0 Å². The van der Waals surface area contributed by atoms with Gasteiger partial charge in [0.25, 0.3) is 0 Å². The average molecular weight is 313 g/mol. The van der Waals surface area contributed by atoms with E-state index >= 15 is 0 Å². The molecule has 2 N–H and O–H groups in total. The van der Waals surface area contributed by atoms with Crippen molar-refractivity contribution in [2.24, 2.45) is 0 Å². The Balaban J connectivity index is 2.27. The van der Waals surface area contributed by atoms with Crippen LogP contribution in [0.15, 0.2) is 22.7 Å². The van der Waals surface area contributed by atoms with E-state index in [0.29, 0.717) is 6.42 Å². The first-order chi connectivity index (χ1) is 8.63. The molecule has 0 fully saturated rings. The fraction of sp³-hybridized carbons (Fsp3) is 0.500. The lowest BCUT2D eigenvalue weighted by atomic mass is 10.1. The molecule has 1 amide bonds. The summed E-state index contributed by atoms with van der Waals surface area (Å²) in [6.45, 7) is 3.75. The van der Waals surface area contributed by atoms with Crippen molar-refractivity contribution in [2.45, 2.75) is 26.2 Å². The third-order valence-electron chi connectivity index (χ3n) is 2.79. The third kappa shape index (κ3) is 5.65. The summed E-state index contributed by atoms with van der Waals surface area (Å²) in [6.07, 6.45) is 2.33. The van der Waals surface area contributed by atoms with Crippen LogP contribution in [0.1, 0.15) is 24.0 Å². The minimum atomic E-state index is 0.131. The molecule has 0 atom stereocenters. The zero-order valence-corrected chi connectivity index (χ0v) is 12.6. The van der Waals surface area contributed by atoms with Crippen molar-refractivity contribution in [1.82, 2.24) is 10.6 Å². The Morgan fingerprint density at radius 3 is 2.78 bits per heavy atom. The quantitative estimate of drug-likeness (QED) is 0.759. The van der Waals surface area contributed by atoms with Crippen LogP contribution in [0, 0.1) is 6.92 Å². The number of rotatable bonds is 7. The van der Waals surface area contributed by atoms with Gasteiger partial charge in [0.15, 0.2) is 0 Å². The maximum Gasteiger partial charge on any atom is 0.220 e. The smallest absolute Gasteiger partial charge is 0.220 e. The van der Waals surface area contributed by atoms with E-state index in [-0.39, 0.29) is 5.91 Å². The largest absolute Gasteiger partial charge is 0.356 e. The van der Waals surface area contributed by atoms with Gasteiger partial charge in [0.1, 0.15) is 0 Å². The van der Waals surface area contributed by atoms with E-state index in [1.54, 1.807) is 0 Å². The molecule has 18 heavy (non-hydrogen) atoms. The van der Waals surface area contributed by atoms with Crippen molar-refractivity contribution in [3.63, 3.8) is 0 Å². The molecule has 3 nitrogen and oxygen atoms in total. The number of halogens is 1. The normalized spacial score (nSPS) is 10.4. The number of aryl methyl sites for hydroxylation is 2. The summed E-state index contributed by atoms with van der Waals surface area (Å²) in [4.78, 5) is 11.6. The van der Waals surface area contributed by atoms with E-state index in [2.05, 4.69) is 45.6 Å². The second-order valence-corrected chi connectivity index (χ2v) is 5.24. The van der Waals surface area contributed by atoms with E-state index < -0.39 is 0 Å². The molecule has 0 heterocycles. The molecule has 0 spiro atoms.